The summed E-state index contributed by atoms with van der Waals surface area (Å²) in [6.45, 7) is 1.95. The minimum atomic E-state index is -0.431. The number of primary amides is 1. The lowest BCUT2D eigenvalue weighted by molar-refractivity contribution is -0.122. The molecule has 1 fully saturated rings. The van der Waals surface area contributed by atoms with Gasteiger partial charge in [-0.3, -0.25) is 15.0 Å². The molecule has 0 bridgehead atoms. The van der Waals surface area contributed by atoms with Crippen LogP contribution in [0.4, 0.5) is 0 Å². The molecule has 0 aromatic heterocycles. The van der Waals surface area contributed by atoms with Gasteiger partial charge in [-0.05, 0) is 6.92 Å². The van der Waals surface area contributed by atoms with Crippen LogP contribution < -0.4 is 11.2 Å². The molecule has 0 saturated carbocycles. The summed E-state index contributed by atoms with van der Waals surface area (Å²) in [5, 5.41) is 1.55. The van der Waals surface area contributed by atoms with E-state index in [0.29, 0.717) is 6.42 Å². The summed E-state index contributed by atoms with van der Waals surface area (Å²) >= 11 is 0. The average Bonchev–Trinajstić information content (AvgIpc) is 2.09. The second kappa shape index (κ2) is 2.87. The van der Waals surface area contributed by atoms with E-state index >= 15 is 0 Å². The maximum Gasteiger partial charge on any atom is 0.235 e. The number of hydrogen-bond donors (Lipinski definition) is 2. The van der Waals surface area contributed by atoms with E-state index in [9.17, 15) is 9.59 Å². The topological polar surface area (TPSA) is 75.4 Å². The highest BCUT2D eigenvalue weighted by Crippen LogP contribution is 2.07. The van der Waals surface area contributed by atoms with Crippen molar-refractivity contribution in [2.75, 3.05) is 6.54 Å². The number of amides is 2. The van der Waals surface area contributed by atoms with Gasteiger partial charge in [-0.2, -0.15) is 0 Å². The SMILES string of the molecule is CC1CC(=O)NN1CC(N)=O. The van der Waals surface area contributed by atoms with Crippen molar-refractivity contribution in [3.05, 3.63) is 0 Å². The van der Waals surface area contributed by atoms with Gasteiger partial charge in [-0.15, -0.1) is 0 Å². The number of nitrogens with one attached hydrogen (secondary N) is 1. The van der Waals surface area contributed by atoms with Crippen molar-refractivity contribution in [2.24, 2.45) is 5.73 Å². The molecule has 0 aromatic carbocycles. The van der Waals surface area contributed by atoms with E-state index in [-0.39, 0.29) is 18.5 Å². The predicted octanol–water partition coefficient (Wildman–Crippen LogP) is -1.40. The van der Waals surface area contributed by atoms with E-state index in [4.69, 9.17) is 5.73 Å². The molecule has 5 nitrogen and oxygen atoms in total. The van der Waals surface area contributed by atoms with Crippen LogP contribution in [0.15, 0.2) is 0 Å². The number of hydrogen-bond acceptors (Lipinski definition) is 3. The molecule has 1 heterocycles. The quantitative estimate of drug-likeness (QED) is 0.517. The summed E-state index contributed by atoms with van der Waals surface area (Å²) in [7, 11) is 0. The van der Waals surface area contributed by atoms with Crippen LogP contribution in [0.2, 0.25) is 0 Å². The lowest BCUT2D eigenvalue weighted by Crippen LogP contribution is -2.42. The zero-order valence-electron chi connectivity index (χ0n) is 6.33. The van der Waals surface area contributed by atoms with E-state index in [1.165, 1.54) is 0 Å². The Labute approximate surface area is 64.5 Å². The lowest BCUT2D eigenvalue weighted by Gasteiger charge is -2.17. The van der Waals surface area contributed by atoms with Crippen LogP contribution in [0.1, 0.15) is 13.3 Å². The van der Waals surface area contributed by atoms with Crippen molar-refractivity contribution >= 4 is 11.8 Å². The molecule has 0 aliphatic carbocycles. The van der Waals surface area contributed by atoms with Gasteiger partial charge >= 0.3 is 0 Å². The first kappa shape index (κ1) is 8.00. The molecule has 1 saturated heterocycles. The largest absolute Gasteiger partial charge is 0.368 e. The molecule has 2 amide bonds. The lowest BCUT2D eigenvalue weighted by atomic mass is 10.2. The van der Waals surface area contributed by atoms with E-state index in [1.54, 1.807) is 5.01 Å². The van der Waals surface area contributed by atoms with Crippen molar-refractivity contribution in [3.63, 3.8) is 0 Å². The fraction of sp³-hybridized carbons (Fsp3) is 0.667. The Kier molecular flexibility index (Phi) is 2.09. The molecule has 1 rings (SSSR count). The third kappa shape index (κ3) is 1.91. The normalized spacial score (nSPS) is 25.2. The van der Waals surface area contributed by atoms with Gasteiger partial charge < -0.3 is 5.73 Å². The van der Waals surface area contributed by atoms with Gasteiger partial charge in [0.15, 0.2) is 0 Å². The van der Waals surface area contributed by atoms with Crippen LogP contribution in [0, 0.1) is 0 Å². The second-order valence-corrected chi connectivity index (χ2v) is 2.68. The monoisotopic (exact) mass is 157 g/mol. The van der Waals surface area contributed by atoms with Crippen molar-refractivity contribution in [2.45, 2.75) is 19.4 Å². The molecule has 0 aromatic rings. The minimum absolute atomic E-state index is 0.0567. The number of carbonyl (C=O) groups excluding carboxylic acids is 2. The molecule has 1 atom stereocenters. The fourth-order valence-electron chi connectivity index (χ4n) is 1.06. The number of nitrogens with zero attached hydrogens (tertiary/aromatic N) is 1. The molecule has 1 aliphatic heterocycles. The molecule has 1 aliphatic rings. The van der Waals surface area contributed by atoms with E-state index in [2.05, 4.69) is 5.43 Å². The summed E-state index contributed by atoms with van der Waals surface area (Å²) in [6, 6.07) is 0.0648. The Morgan fingerprint density at radius 3 is 2.91 bits per heavy atom. The smallest absolute Gasteiger partial charge is 0.235 e. The molecule has 0 spiro atoms. The number of rotatable bonds is 2. The number of hydrazine groups is 1. The van der Waals surface area contributed by atoms with Crippen molar-refractivity contribution in [1.82, 2.24) is 10.4 Å². The number of carbonyl (C=O) groups is 2. The zero-order valence-corrected chi connectivity index (χ0v) is 6.33. The Hall–Kier alpha value is -1.10. The minimum Gasteiger partial charge on any atom is -0.368 e. The van der Waals surface area contributed by atoms with Crippen molar-refractivity contribution in [3.8, 4) is 0 Å². The van der Waals surface area contributed by atoms with Crippen molar-refractivity contribution < 1.29 is 9.59 Å². The van der Waals surface area contributed by atoms with Gasteiger partial charge in [-0.1, -0.05) is 0 Å². The van der Waals surface area contributed by atoms with Crippen LogP contribution >= 0.6 is 0 Å². The molecule has 5 heteroatoms. The Morgan fingerprint density at radius 1 is 1.91 bits per heavy atom. The number of nitrogens with two attached hydrogens (primary N) is 1. The zero-order chi connectivity index (χ0) is 8.43. The standard InChI is InChI=1S/C6H11N3O2/c1-4-2-6(11)8-9(4)3-5(7)10/h4H,2-3H2,1H3,(H2,7,10)(H,8,11). The van der Waals surface area contributed by atoms with E-state index in [0.717, 1.165) is 0 Å². The summed E-state index contributed by atoms with van der Waals surface area (Å²) < 4.78 is 0. The second-order valence-electron chi connectivity index (χ2n) is 2.68. The first-order valence-electron chi connectivity index (χ1n) is 3.44. The summed E-state index contributed by atoms with van der Waals surface area (Å²) in [6.07, 6.45) is 0.438. The van der Waals surface area contributed by atoms with Crippen LogP contribution in [0.5, 0.6) is 0 Å². The molecule has 3 N–H and O–H groups in total. The van der Waals surface area contributed by atoms with Crippen LogP contribution in [-0.2, 0) is 9.59 Å². The van der Waals surface area contributed by atoms with E-state index < -0.39 is 5.91 Å². The van der Waals surface area contributed by atoms with Crippen LogP contribution in [0.25, 0.3) is 0 Å². The molecular weight excluding hydrogens is 146 g/mol. The third-order valence-electron chi connectivity index (χ3n) is 1.61. The molecule has 1 unspecified atom stereocenters. The Morgan fingerprint density at radius 2 is 2.55 bits per heavy atom. The van der Waals surface area contributed by atoms with Gasteiger partial charge in [0.25, 0.3) is 0 Å². The highest BCUT2D eigenvalue weighted by atomic mass is 16.2. The Balaban J connectivity index is 2.46. The average molecular weight is 157 g/mol. The molecule has 0 radical (unpaired) electrons. The van der Waals surface area contributed by atoms with Crippen LogP contribution in [0.3, 0.4) is 0 Å². The highest BCUT2D eigenvalue weighted by Gasteiger charge is 2.26. The van der Waals surface area contributed by atoms with Gasteiger partial charge in [0, 0.05) is 12.5 Å². The summed E-state index contributed by atoms with van der Waals surface area (Å²) in [5.74, 6) is -0.488. The summed E-state index contributed by atoms with van der Waals surface area (Å²) in [5.41, 5.74) is 7.48. The van der Waals surface area contributed by atoms with Gasteiger partial charge in [0.05, 0.1) is 6.54 Å². The predicted molar refractivity (Wildman–Crippen MR) is 38.1 cm³/mol. The first-order valence-corrected chi connectivity index (χ1v) is 3.44. The van der Waals surface area contributed by atoms with Gasteiger partial charge in [0.1, 0.15) is 0 Å². The molecule has 11 heavy (non-hydrogen) atoms. The van der Waals surface area contributed by atoms with Gasteiger partial charge in [0.2, 0.25) is 11.8 Å². The molecular formula is C6H11N3O2. The van der Waals surface area contributed by atoms with Gasteiger partial charge in [-0.25, -0.2) is 5.01 Å². The maximum atomic E-state index is 10.7. The summed E-state index contributed by atoms with van der Waals surface area (Å²) in [4.78, 5) is 21.2. The first-order chi connectivity index (χ1) is 5.09. The fourth-order valence-corrected chi connectivity index (χ4v) is 1.06. The Bertz CT molecular complexity index is 192. The third-order valence-corrected chi connectivity index (χ3v) is 1.61. The van der Waals surface area contributed by atoms with Crippen molar-refractivity contribution in [1.29, 1.82) is 0 Å². The highest BCUT2D eigenvalue weighted by molar-refractivity contribution is 5.80. The van der Waals surface area contributed by atoms with Crippen LogP contribution in [-0.4, -0.2) is 29.4 Å². The molecule has 62 valence electrons. The van der Waals surface area contributed by atoms with E-state index in [1.807, 2.05) is 6.92 Å². The maximum absolute atomic E-state index is 10.7.